The number of nitrogens with one attached hydrogen (secondary N) is 2. The van der Waals surface area contributed by atoms with E-state index in [1.165, 1.54) is 7.11 Å². The predicted octanol–water partition coefficient (Wildman–Crippen LogP) is 3.12. The lowest BCUT2D eigenvalue weighted by Crippen LogP contribution is -2.26. The average molecular weight is 348 g/mol. The van der Waals surface area contributed by atoms with Crippen molar-refractivity contribution in [2.75, 3.05) is 19.0 Å². The topological polar surface area (TPSA) is 67.4 Å². The number of carbonyl (C=O) groups is 2. The van der Waals surface area contributed by atoms with Gasteiger partial charge in [0, 0.05) is 19.0 Å². The van der Waals surface area contributed by atoms with Gasteiger partial charge >= 0.3 is 0 Å². The van der Waals surface area contributed by atoms with Crippen molar-refractivity contribution in [3.8, 4) is 5.75 Å². The van der Waals surface area contributed by atoms with E-state index in [1.807, 2.05) is 0 Å². The van der Waals surface area contributed by atoms with E-state index in [9.17, 15) is 18.4 Å². The van der Waals surface area contributed by atoms with Crippen molar-refractivity contribution >= 4 is 17.5 Å². The zero-order chi connectivity index (χ0) is 18.2. The third-order valence-corrected chi connectivity index (χ3v) is 3.42. The molecule has 0 fully saturated rings. The van der Waals surface area contributed by atoms with Gasteiger partial charge in [0.1, 0.15) is 17.4 Å². The Bertz CT molecular complexity index is 766. The van der Waals surface area contributed by atoms with Gasteiger partial charge in [-0.2, -0.15) is 0 Å². The molecule has 2 aromatic carbocycles. The number of para-hydroxylation sites is 2. The number of benzene rings is 2. The van der Waals surface area contributed by atoms with Gasteiger partial charge in [-0.05, 0) is 30.7 Å². The SMILES string of the molecule is COc1ccccc1NC(=O)CCCNC(=O)c1ccc(F)cc1F. The van der Waals surface area contributed by atoms with Gasteiger partial charge in [0.2, 0.25) is 5.91 Å². The zero-order valence-electron chi connectivity index (χ0n) is 13.6. The zero-order valence-corrected chi connectivity index (χ0v) is 13.6. The Morgan fingerprint density at radius 1 is 1.12 bits per heavy atom. The molecule has 0 aromatic heterocycles. The molecule has 7 heteroatoms. The number of hydrogen-bond donors (Lipinski definition) is 2. The highest BCUT2D eigenvalue weighted by Crippen LogP contribution is 2.23. The van der Waals surface area contributed by atoms with Crippen LogP contribution in [0.15, 0.2) is 42.5 Å². The number of methoxy groups -OCH3 is 1. The van der Waals surface area contributed by atoms with Gasteiger partial charge in [-0.15, -0.1) is 0 Å². The maximum absolute atomic E-state index is 13.5. The molecule has 0 atom stereocenters. The summed E-state index contributed by atoms with van der Waals surface area (Å²) in [4.78, 5) is 23.7. The fraction of sp³-hybridized carbons (Fsp3) is 0.222. The van der Waals surface area contributed by atoms with Crippen molar-refractivity contribution in [3.63, 3.8) is 0 Å². The molecule has 5 nitrogen and oxygen atoms in total. The number of carbonyl (C=O) groups excluding carboxylic acids is 2. The van der Waals surface area contributed by atoms with Crippen LogP contribution in [-0.4, -0.2) is 25.5 Å². The van der Waals surface area contributed by atoms with Crippen LogP contribution in [0.25, 0.3) is 0 Å². The summed E-state index contributed by atoms with van der Waals surface area (Å²) >= 11 is 0. The molecule has 2 N–H and O–H groups in total. The van der Waals surface area contributed by atoms with Crippen LogP contribution in [0.4, 0.5) is 14.5 Å². The molecule has 2 amide bonds. The summed E-state index contributed by atoms with van der Waals surface area (Å²) in [5.74, 6) is -2.00. The Balaban J connectivity index is 1.77. The van der Waals surface area contributed by atoms with Crippen LogP contribution in [0.3, 0.4) is 0 Å². The molecule has 0 aliphatic rings. The molecule has 0 bridgehead atoms. The summed E-state index contributed by atoms with van der Waals surface area (Å²) < 4.78 is 31.4. The van der Waals surface area contributed by atoms with E-state index in [1.54, 1.807) is 24.3 Å². The second kappa shape index (κ2) is 8.77. The first-order valence-corrected chi connectivity index (χ1v) is 7.67. The van der Waals surface area contributed by atoms with Crippen molar-refractivity contribution in [2.24, 2.45) is 0 Å². The number of amides is 2. The minimum absolute atomic E-state index is 0.171. The van der Waals surface area contributed by atoms with E-state index < -0.39 is 17.5 Å². The highest BCUT2D eigenvalue weighted by molar-refractivity contribution is 5.94. The van der Waals surface area contributed by atoms with Crippen molar-refractivity contribution in [1.82, 2.24) is 5.32 Å². The molecule has 25 heavy (non-hydrogen) atoms. The maximum atomic E-state index is 13.5. The molecule has 2 rings (SSSR count). The van der Waals surface area contributed by atoms with Crippen LogP contribution in [0.2, 0.25) is 0 Å². The molecule has 0 aliphatic heterocycles. The van der Waals surface area contributed by atoms with Crippen LogP contribution >= 0.6 is 0 Å². The summed E-state index contributed by atoms with van der Waals surface area (Å²) in [5.41, 5.74) is 0.326. The molecular weight excluding hydrogens is 330 g/mol. The van der Waals surface area contributed by atoms with Crippen molar-refractivity contribution in [2.45, 2.75) is 12.8 Å². The lowest BCUT2D eigenvalue weighted by atomic mass is 10.2. The van der Waals surface area contributed by atoms with Crippen LogP contribution in [0, 0.1) is 11.6 Å². The summed E-state index contributed by atoms with van der Waals surface area (Å²) in [6, 6.07) is 9.75. The Morgan fingerprint density at radius 3 is 2.60 bits per heavy atom. The van der Waals surface area contributed by atoms with E-state index in [4.69, 9.17) is 4.74 Å². The average Bonchev–Trinajstić information content (AvgIpc) is 2.59. The number of anilines is 1. The number of rotatable bonds is 7. The molecule has 0 radical (unpaired) electrons. The predicted molar refractivity (Wildman–Crippen MR) is 89.5 cm³/mol. The minimum atomic E-state index is -0.925. The first-order chi connectivity index (χ1) is 12.0. The van der Waals surface area contributed by atoms with Gasteiger partial charge in [-0.3, -0.25) is 9.59 Å². The quantitative estimate of drug-likeness (QED) is 0.756. The minimum Gasteiger partial charge on any atom is -0.495 e. The van der Waals surface area contributed by atoms with Gasteiger partial charge in [0.15, 0.2) is 0 Å². The smallest absolute Gasteiger partial charge is 0.254 e. The molecule has 0 heterocycles. The summed E-state index contributed by atoms with van der Waals surface area (Å²) in [6.07, 6.45) is 0.541. The summed E-state index contributed by atoms with van der Waals surface area (Å²) in [6.45, 7) is 0.189. The molecular formula is C18H18F2N2O3. The highest BCUT2D eigenvalue weighted by atomic mass is 19.1. The Morgan fingerprint density at radius 2 is 1.88 bits per heavy atom. The lowest BCUT2D eigenvalue weighted by molar-refractivity contribution is -0.116. The van der Waals surface area contributed by atoms with Gasteiger partial charge in [-0.1, -0.05) is 12.1 Å². The summed E-state index contributed by atoms with van der Waals surface area (Å²) in [7, 11) is 1.51. The fourth-order valence-electron chi connectivity index (χ4n) is 2.18. The first-order valence-electron chi connectivity index (χ1n) is 7.67. The third kappa shape index (κ3) is 5.27. The standard InChI is InChI=1S/C18H18F2N2O3/c1-25-16-6-3-2-5-15(16)22-17(23)7-4-10-21-18(24)13-9-8-12(19)11-14(13)20/h2-3,5-6,8-9,11H,4,7,10H2,1H3,(H,21,24)(H,22,23). The molecule has 0 spiro atoms. The largest absolute Gasteiger partial charge is 0.495 e. The molecule has 0 saturated carbocycles. The van der Waals surface area contributed by atoms with E-state index >= 15 is 0 Å². The highest BCUT2D eigenvalue weighted by Gasteiger charge is 2.12. The first kappa shape index (κ1) is 18.4. The van der Waals surface area contributed by atoms with Crippen LogP contribution in [-0.2, 0) is 4.79 Å². The van der Waals surface area contributed by atoms with E-state index in [-0.39, 0.29) is 24.4 Å². The number of halogens is 2. The second-order valence-electron chi connectivity index (χ2n) is 5.23. The fourth-order valence-corrected chi connectivity index (χ4v) is 2.18. The van der Waals surface area contributed by atoms with Crippen LogP contribution in [0.1, 0.15) is 23.2 Å². The number of hydrogen-bond acceptors (Lipinski definition) is 3. The van der Waals surface area contributed by atoms with Gasteiger partial charge in [0.25, 0.3) is 5.91 Å². The monoisotopic (exact) mass is 348 g/mol. The Hall–Kier alpha value is -2.96. The van der Waals surface area contributed by atoms with Crippen molar-refractivity contribution in [3.05, 3.63) is 59.7 Å². The maximum Gasteiger partial charge on any atom is 0.254 e. The van der Waals surface area contributed by atoms with Gasteiger partial charge in [-0.25, -0.2) is 8.78 Å². The number of ether oxygens (including phenoxy) is 1. The van der Waals surface area contributed by atoms with Gasteiger partial charge < -0.3 is 15.4 Å². The van der Waals surface area contributed by atoms with Crippen molar-refractivity contribution < 1.29 is 23.1 Å². The summed E-state index contributed by atoms with van der Waals surface area (Å²) in [5, 5.41) is 5.21. The molecule has 132 valence electrons. The normalized spacial score (nSPS) is 10.2. The van der Waals surface area contributed by atoms with Gasteiger partial charge in [0.05, 0.1) is 18.4 Å². The van der Waals surface area contributed by atoms with Crippen LogP contribution < -0.4 is 15.4 Å². The lowest BCUT2D eigenvalue weighted by Gasteiger charge is -2.10. The molecule has 2 aromatic rings. The van der Waals surface area contributed by atoms with E-state index in [2.05, 4.69) is 10.6 Å². The van der Waals surface area contributed by atoms with E-state index in [0.717, 1.165) is 12.1 Å². The van der Waals surface area contributed by atoms with Crippen LogP contribution in [0.5, 0.6) is 5.75 Å². The van der Waals surface area contributed by atoms with E-state index in [0.29, 0.717) is 23.9 Å². The Labute approximate surface area is 144 Å². The third-order valence-electron chi connectivity index (χ3n) is 3.42. The van der Waals surface area contributed by atoms with Crippen molar-refractivity contribution in [1.29, 1.82) is 0 Å². The second-order valence-corrected chi connectivity index (χ2v) is 5.23. The molecule has 0 saturated heterocycles. The molecule has 0 aliphatic carbocycles. The Kier molecular flexibility index (Phi) is 6.45. The molecule has 0 unspecified atom stereocenters.